The lowest BCUT2D eigenvalue weighted by molar-refractivity contribution is 0.0955. The second-order valence-electron chi connectivity index (χ2n) is 5.74. The third-order valence-corrected chi connectivity index (χ3v) is 4.03. The highest BCUT2D eigenvalue weighted by Crippen LogP contribution is 2.13. The zero-order valence-electron chi connectivity index (χ0n) is 13.6. The predicted molar refractivity (Wildman–Crippen MR) is 91.0 cm³/mol. The van der Waals surface area contributed by atoms with E-state index in [9.17, 15) is 14.3 Å². The van der Waals surface area contributed by atoms with Crippen molar-refractivity contribution in [3.8, 4) is 0 Å². The molecule has 4 aromatic rings. The van der Waals surface area contributed by atoms with E-state index < -0.39 is 0 Å². The van der Waals surface area contributed by atoms with Gasteiger partial charge in [-0.05, 0) is 30.3 Å². The summed E-state index contributed by atoms with van der Waals surface area (Å²) in [6, 6.07) is 7.68. The molecule has 0 radical (unpaired) electrons. The molecule has 0 aliphatic rings. The normalized spacial score (nSPS) is 11.3. The van der Waals surface area contributed by atoms with Gasteiger partial charge in [-0.3, -0.25) is 9.20 Å². The molecule has 8 nitrogen and oxygen atoms in total. The quantitative estimate of drug-likeness (QED) is 0.499. The van der Waals surface area contributed by atoms with E-state index in [2.05, 4.69) is 25.5 Å². The second-order valence-corrected chi connectivity index (χ2v) is 5.74. The minimum atomic E-state index is -0.329. The Morgan fingerprint density at radius 2 is 2.19 bits per heavy atom. The van der Waals surface area contributed by atoms with Crippen molar-refractivity contribution in [2.45, 2.75) is 13.0 Å². The van der Waals surface area contributed by atoms with Gasteiger partial charge in [-0.2, -0.15) is 0 Å². The fourth-order valence-corrected chi connectivity index (χ4v) is 2.79. The fraction of sp³-hybridized carbons (Fsp3) is 0.176. The molecule has 0 aliphatic heterocycles. The Morgan fingerprint density at radius 1 is 1.31 bits per heavy atom. The molecule has 0 aliphatic carbocycles. The summed E-state index contributed by atoms with van der Waals surface area (Å²) in [5.41, 5.74) is 2.05. The topological polar surface area (TPSA) is 108 Å². The first-order valence-electron chi connectivity index (χ1n) is 8.01. The van der Waals surface area contributed by atoms with Crippen LogP contribution in [0.2, 0.25) is 0 Å². The van der Waals surface area contributed by atoms with Crippen molar-refractivity contribution >= 4 is 22.6 Å². The van der Waals surface area contributed by atoms with Crippen molar-refractivity contribution in [1.29, 1.82) is 0 Å². The van der Waals surface area contributed by atoms with Crippen molar-refractivity contribution in [1.82, 2.24) is 29.9 Å². The second kappa shape index (κ2) is 6.52. The molecule has 1 aromatic carbocycles. The lowest BCUT2D eigenvalue weighted by atomic mass is 10.2. The minimum Gasteiger partial charge on any atom is -0.388 e. The van der Waals surface area contributed by atoms with Crippen molar-refractivity contribution in [3.05, 3.63) is 59.6 Å². The maximum atomic E-state index is 13.2. The molecule has 3 heterocycles. The van der Waals surface area contributed by atoms with Crippen LogP contribution in [-0.4, -0.2) is 42.1 Å². The molecule has 0 bridgehead atoms. The van der Waals surface area contributed by atoms with Crippen LogP contribution in [0.3, 0.4) is 0 Å². The van der Waals surface area contributed by atoms with Gasteiger partial charge in [-0.25, -0.2) is 9.37 Å². The van der Waals surface area contributed by atoms with Crippen LogP contribution in [0.5, 0.6) is 0 Å². The number of aliphatic hydroxyl groups excluding tert-OH is 1. The first-order valence-corrected chi connectivity index (χ1v) is 8.01. The van der Waals surface area contributed by atoms with Gasteiger partial charge >= 0.3 is 0 Å². The number of fused-ring (bicyclic) bond motifs is 2. The van der Waals surface area contributed by atoms with Crippen molar-refractivity contribution in [2.24, 2.45) is 0 Å². The molecular weight excluding hydrogens is 339 g/mol. The summed E-state index contributed by atoms with van der Waals surface area (Å²) in [7, 11) is 0. The minimum absolute atomic E-state index is 0.265. The van der Waals surface area contributed by atoms with Crippen molar-refractivity contribution in [3.63, 3.8) is 0 Å². The third kappa shape index (κ3) is 2.88. The number of rotatable bonds is 5. The molecular formula is C17H15FN6O2. The zero-order chi connectivity index (χ0) is 18.1. The highest BCUT2D eigenvalue weighted by Gasteiger charge is 2.14. The summed E-state index contributed by atoms with van der Waals surface area (Å²) < 4.78 is 14.8. The summed E-state index contributed by atoms with van der Waals surface area (Å²) in [6.45, 7) is 0.0854. The fourth-order valence-electron chi connectivity index (χ4n) is 2.79. The number of nitrogens with one attached hydrogen (secondary N) is 2. The molecule has 3 N–H and O–H groups in total. The van der Waals surface area contributed by atoms with Crippen LogP contribution in [0.25, 0.3) is 16.7 Å². The average molecular weight is 354 g/mol. The van der Waals surface area contributed by atoms with Crippen LogP contribution in [0.4, 0.5) is 4.39 Å². The predicted octanol–water partition coefficient (Wildman–Crippen LogP) is 1.21. The largest absolute Gasteiger partial charge is 0.388 e. The Bertz CT molecular complexity index is 1100. The zero-order valence-corrected chi connectivity index (χ0v) is 13.6. The highest BCUT2D eigenvalue weighted by atomic mass is 19.1. The van der Waals surface area contributed by atoms with Gasteiger partial charge < -0.3 is 15.4 Å². The summed E-state index contributed by atoms with van der Waals surface area (Å²) in [5, 5.41) is 19.9. The molecule has 0 spiro atoms. The van der Waals surface area contributed by atoms with Crippen LogP contribution in [0.15, 0.2) is 36.5 Å². The average Bonchev–Trinajstić information content (AvgIpc) is 3.24. The van der Waals surface area contributed by atoms with E-state index in [0.717, 1.165) is 0 Å². The smallest absolute Gasteiger partial charge is 0.255 e. The van der Waals surface area contributed by atoms with E-state index >= 15 is 0 Å². The molecule has 26 heavy (non-hydrogen) atoms. The van der Waals surface area contributed by atoms with Crippen molar-refractivity contribution in [2.75, 3.05) is 6.54 Å². The van der Waals surface area contributed by atoms with Gasteiger partial charge in [-0.1, -0.05) is 0 Å². The molecule has 1 amide bonds. The van der Waals surface area contributed by atoms with E-state index in [1.807, 2.05) is 0 Å². The standard InChI is InChI=1S/C17H15FN6O2/c18-10-3-4-12-13(8-10)21-14(20-12)5-6-19-17(26)11-2-1-7-24-15(9-25)22-23-16(11)24/h1-4,7-8,25H,5-6,9H2,(H,19,26)(H,20,21). The summed E-state index contributed by atoms with van der Waals surface area (Å²) in [5.74, 6) is 0.401. The van der Waals surface area contributed by atoms with E-state index in [1.165, 1.54) is 12.1 Å². The highest BCUT2D eigenvalue weighted by molar-refractivity contribution is 5.99. The van der Waals surface area contributed by atoms with E-state index in [0.29, 0.717) is 46.9 Å². The molecule has 3 aromatic heterocycles. The number of aromatic amines is 1. The van der Waals surface area contributed by atoms with Crippen molar-refractivity contribution < 1.29 is 14.3 Å². The molecule has 0 saturated heterocycles. The molecule has 0 saturated carbocycles. The number of aromatic nitrogens is 5. The maximum Gasteiger partial charge on any atom is 0.255 e. The van der Waals surface area contributed by atoms with Crippen LogP contribution < -0.4 is 5.32 Å². The van der Waals surface area contributed by atoms with Crippen LogP contribution in [-0.2, 0) is 13.0 Å². The van der Waals surface area contributed by atoms with Gasteiger partial charge in [-0.15, -0.1) is 10.2 Å². The number of hydrogen-bond donors (Lipinski definition) is 3. The molecule has 132 valence electrons. The number of imidazole rings is 1. The van der Waals surface area contributed by atoms with Gasteiger partial charge in [0.05, 0.1) is 16.6 Å². The number of pyridine rings is 1. The van der Waals surface area contributed by atoms with Gasteiger partial charge in [0.2, 0.25) is 0 Å². The van der Waals surface area contributed by atoms with Gasteiger partial charge in [0.1, 0.15) is 18.2 Å². The van der Waals surface area contributed by atoms with Crippen LogP contribution in [0, 0.1) is 5.82 Å². The number of carbonyl (C=O) groups is 1. The third-order valence-electron chi connectivity index (χ3n) is 4.03. The lowest BCUT2D eigenvalue weighted by Crippen LogP contribution is -2.26. The Labute approximate surface area is 146 Å². The lowest BCUT2D eigenvalue weighted by Gasteiger charge is -2.05. The molecule has 0 unspecified atom stereocenters. The number of halogens is 1. The van der Waals surface area contributed by atoms with Crippen LogP contribution in [0.1, 0.15) is 22.0 Å². The SMILES string of the molecule is O=C(NCCc1nc2ccc(F)cc2[nH]1)c1cccn2c(CO)nnc12. The summed E-state index contributed by atoms with van der Waals surface area (Å²) in [6.07, 6.45) is 2.16. The number of benzene rings is 1. The first-order chi connectivity index (χ1) is 12.7. The first kappa shape index (κ1) is 16.2. The van der Waals surface area contributed by atoms with E-state index in [-0.39, 0.29) is 18.3 Å². The van der Waals surface area contributed by atoms with E-state index in [1.54, 1.807) is 28.8 Å². The molecule has 0 atom stereocenters. The molecule has 9 heteroatoms. The number of amides is 1. The number of carbonyl (C=O) groups excluding carboxylic acids is 1. The number of H-pyrrole nitrogens is 1. The van der Waals surface area contributed by atoms with Gasteiger partial charge in [0.15, 0.2) is 11.5 Å². The maximum absolute atomic E-state index is 13.2. The Balaban J connectivity index is 1.46. The summed E-state index contributed by atoms with van der Waals surface area (Å²) >= 11 is 0. The Kier molecular flexibility index (Phi) is 4.05. The Morgan fingerprint density at radius 3 is 3.04 bits per heavy atom. The monoisotopic (exact) mass is 354 g/mol. The number of hydrogen-bond acceptors (Lipinski definition) is 5. The van der Waals surface area contributed by atoms with E-state index in [4.69, 9.17) is 0 Å². The van der Waals surface area contributed by atoms with Crippen LogP contribution >= 0.6 is 0 Å². The summed E-state index contributed by atoms with van der Waals surface area (Å²) in [4.78, 5) is 19.8. The number of aliphatic hydroxyl groups is 1. The Hall–Kier alpha value is -3.33. The van der Waals surface area contributed by atoms with Gasteiger partial charge in [0, 0.05) is 19.2 Å². The van der Waals surface area contributed by atoms with Gasteiger partial charge in [0.25, 0.3) is 5.91 Å². The molecule has 4 rings (SSSR count). The molecule has 0 fully saturated rings. The number of nitrogens with zero attached hydrogens (tertiary/aromatic N) is 4.